The third-order valence-corrected chi connectivity index (χ3v) is 8.31. The number of nitrogens with two attached hydrogens (primary N) is 1. The first-order chi connectivity index (χ1) is 18.3. The van der Waals surface area contributed by atoms with Gasteiger partial charge in [-0.2, -0.15) is 9.61 Å². The number of rotatable bonds is 5. The summed E-state index contributed by atoms with van der Waals surface area (Å²) < 4.78 is 30.5. The van der Waals surface area contributed by atoms with Crippen LogP contribution in [0.2, 0.25) is 0 Å². The number of aromatic nitrogens is 3. The summed E-state index contributed by atoms with van der Waals surface area (Å²) in [4.78, 5) is 22.2. The molecule has 4 N–H and O–H groups in total. The molecular weight excluding hydrogens is 516 g/mol. The maximum Gasteiger partial charge on any atom is 0.256 e. The molecule has 11 nitrogen and oxygen atoms in total. The predicted molar refractivity (Wildman–Crippen MR) is 156 cm³/mol. The molecule has 39 heavy (non-hydrogen) atoms. The van der Waals surface area contributed by atoms with Crippen molar-refractivity contribution < 1.29 is 13.2 Å². The number of carbonyl (C=O) groups is 1. The average molecular weight is 557 g/mol. The van der Waals surface area contributed by atoms with Crippen LogP contribution in [0, 0.1) is 0 Å². The fraction of sp³-hybridized carbons (Fsp3) is 0.519. The van der Waals surface area contributed by atoms with Gasteiger partial charge in [-0.1, -0.05) is 19.9 Å². The summed E-state index contributed by atoms with van der Waals surface area (Å²) >= 11 is 0. The molecule has 0 aliphatic carbocycles. The Labute approximate surface area is 230 Å². The van der Waals surface area contributed by atoms with Gasteiger partial charge in [-0.3, -0.25) is 9.52 Å². The highest BCUT2D eigenvalue weighted by molar-refractivity contribution is 7.92. The van der Waals surface area contributed by atoms with Crippen molar-refractivity contribution >= 4 is 38.9 Å². The number of aryl methyl sites for hydroxylation is 1. The zero-order chi connectivity index (χ0) is 28.5. The molecule has 1 amide bonds. The summed E-state index contributed by atoms with van der Waals surface area (Å²) in [5.74, 6) is 1.02. The van der Waals surface area contributed by atoms with E-state index in [2.05, 4.69) is 10.0 Å². The van der Waals surface area contributed by atoms with Gasteiger partial charge in [0.1, 0.15) is 11.6 Å². The van der Waals surface area contributed by atoms with Gasteiger partial charge in [0.25, 0.3) is 5.91 Å². The van der Waals surface area contributed by atoms with E-state index in [1.807, 2.05) is 57.8 Å². The van der Waals surface area contributed by atoms with Crippen molar-refractivity contribution in [2.24, 2.45) is 5.73 Å². The lowest BCUT2D eigenvalue weighted by Crippen LogP contribution is -2.39. The molecule has 0 saturated heterocycles. The minimum Gasteiger partial charge on any atom is -0.368 e. The van der Waals surface area contributed by atoms with E-state index in [1.165, 1.54) is 0 Å². The number of nitrogens with one attached hydrogen (secondary N) is 2. The van der Waals surface area contributed by atoms with Gasteiger partial charge in [0.2, 0.25) is 10.0 Å². The van der Waals surface area contributed by atoms with Gasteiger partial charge < -0.3 is 20.9 Å². The SMILES string of the molecule is CCc1ccc2c(c1)C(=O)N(C)[C@@H](CC)c1cc3nc(NCC(C)(C)N)cc(n3n1)N(C)CCCS(=O)(=O)N2. The summed E-state index contributed by atoms with van der Waals surface area (Å²) in [6.07, 6.45) is 1.70. The second-order valence-electron chi connectivity index (χ2n) is 11.0. The first-order valence-corrected chi connectivity index (χ1v) is 15.0. The first kappa shape index (κ1) is 28.6. The lowest BCUT2D eigenvalue weighted by Gasteiger charge is -2.27. The van der Waals surface area contributed by atoms with Crippen LogP contribution in [0.4, 0.5) is 17.3 Å². The molecule has 0 saturated carbocycles. The predicted octanol–water partition coefficient (Wildman–Crippen LogP) is 3.25. The number of nitrogens with zero attached hydrogens (tertiary/aromatic N) is 5. The molecule has 1 aliphatic heterocycles. The van der Waals surface area contributed by atoms with Crippen LogP contribution >= 0.6 is 0 Å². The number of carbonyl (C=O) groups excluding carboxylic acids is 1. The molecule has 2 aromatic heterocycles. The lowest BCUT2D eigenvalue weighted by atomic mass is 10.0. The van der Waals surface area contributed by atoms with Crippen molar-refractivity contribution in [3.05, 3.63) is 47.2 Å². The van der Waals surface area contributed by atoms with E-state index in [1.54, 1.807) is 28.6 Å². The second-order valence-corrected chi connectivity index (χ2v) is 12.8. The zero-order valence-electron chi connectivity index (χ0n) is 23.7. The molecule has 2 bridgehead atoms. The first-order valence-electron chi connectivity index (χ1n) is 13.4. The van der Waals surface area contributed by atoms with E-state index in [4.69, 9.17) is 15.8 Å². The van der Waals surface area contributed by atoms with E-state index in [0.717, 1.165) is 17.8 Å². The Morgan fingerprint density at radius 2 is 1.92 bits per heavy atom. The van der Waals surface area contributed by atoms with Crippen molar-refractivity contribution in [1.82, 2.24) is 19.5 Å². The molecule has 1 aliphatic rings. The van der Waals surface area contributed by atoms with Crippen molar-refractivity contribution in [3.63, 3.8) is 0 Å². The standard InChI is InChI=1S/C27H40N8O3S/c1-7-18-10-11-20-19(14-18)26(36)34(6)22(8-2)21-15-24-30-23(29-17-27(3,4)28)16-25(35(24)31-21)33(5)12-9-13-39(37,38)32-20/h10-11,14-16,22,32H,7-9,12-13,17,28H2,1-6H3,(H,29,30)/t22-/m0/s1. The normalized spacial score (nSPS) is 18.4. The van der Waals surface area contributed by atoms with Crippen molar-refractivity contribution in [1.29, 1.82) is 0 Å². The number of benzene rings is 1. The molecule has 1 atom stereocenters. The van der Waals surface area contributed by atoms with Crippen LogP contribution in [0.25, 0.3) is 5.65 Å². The Morgan fingerprint density at radius 3 is 2.59 bits per heavy atom. The quantitative estimate of drug-likeness (QED) is 0.435. The topological polar surface area (TPSA) is 138 Å². The van der Waals surface area contributed by atoms with Crippen LogP contribution in [0.15, 0.2) is 30.3 Å². The van der Waals surface area contributed by atoms with Crippen LogP contribution in [-0.2, 0) is 16.4 Å². The Morgan fingerprint density at radius 1 is 1.18 bits per heavy atom. The maximum atomic E-state index is 13.8. The monoisotopic (exact) mass is 556 g/mol. The summed E-state index contributed by atoms with van der Waals surface area (Å²) in [5, 5.41) is 8.20. The minimum atomic E-state index is -3.69. The zero-order valence-corrected chi connectivity index (χ0v) is 24.5. The Kier molecular flexibility index (Phi) is 8.08. The average Bonchev–Trinajstić information content (AvgIpc) is 3.29. The number of hydrogen-bond donors (Lipinski definition) is 3. The molecule has 0 unspecified atom stereocenters. The third-order valence-electron chi connectivity index (χ3n) is 6.95. The van der Waals surface area contributed by atoms with Crippen molar-refractivity contribution in [2.45, 2.75) is 58.5 Å². The van der Waals surface area contributed by atoms with Crippen LogP contribution in [-0.4, -0.2) is 72.3 Å². The smallest absolute Gasteiger partial charge is 0.256 e. The number of amides is 1. The number of anilines is 3. The number of hydrogen-bond acceptors (Lipinski definition) is 8. The Balaban J connectivity index is 1.85. The molecule has 1 aromatic carbocycles. The van der Waals surface area contributed by atoms with Gasteiger partial charge in [-0.15, -0.1) is 0 Å². The van der Waals surface area contributed by atoms with Gasteiger partial charge in [0, 0.05) is 44.9 Å². The molecule has 12 heteroatoms. The third kappa shape index (κ3) is 6.44. The summed E-state index contributed by atoms with van der Waals surface area (Å²) in [5.41, 5.74) is 8.63. The maximum absolute atomic E-state index is 13.8. The molecular formula is C27H40N8O3S. The van der Waals surface area contributed by atoms with Gasteiger partial charge in [-0.05, 0) is 50.8 Å². The highest BCUT2D eigenvalue weighted by Crippen LogP contribution is 2.30. The van der Waals surface area contributed by atoms with Crippen LogP contribution in [0.3, 0.4) is 0 Å². The van der Waals surface area contributed by atoms with Crippen LogP contribution in [0.1, 0.15) is 68.2 Å². The largest absolute Gasteiger partial charge is 0.368 e. The minimum absolute atomic E-state index is 0.0982. The van der Waals surface area contributed by atoms with E-state index in [0.29, 0.717) is 48.7 Å². The fourth-order valence-electron chi connectivity index (χ4n) is 4.74. The Bertz CT molecular complexity index is 1460. The van der Waals surface area contributed by atoms with E-state index in [9.17, 15) is 13.2 Å². The van der Waals surface area contributed by atoms with Crippen molar-refractivity contribution in [3.8, 4) is 0 Å². The second kappa shape index (κ2) is 11.0. The highest BCUT2D eigenvalue weighted by atomic mass is 32.2. The van der Waals surface area contributed by atoms with E-state index < -0.39 is 15.6 Å². The molecule has 3 heterocycles. The molecule has 0 radical (unpaired) electrons. The van der Waals surface area contributed by atoms with Gasteiger partial charge in [0.15, 0.2) is 5.65 Å². The molecule has 0 spiro atoms. The van der Waals surface area contributed by atoms with Crippen molar-refractivity contribution in [2.75, 3.05) is 47.9 Å². The van der Waals surface area contributed by atoms with Crippen LogP contribution in [0.5, 0.6) is 0 Å². The number of sulfonamides is 1. The van der Waals surface area contributed by atoms with Crippen LogP contribution < -0.4 is 20.7 Å². The summed E-state index contributed by atoms with van der Waals surface area (Å²) in [6, 6.07) is 8.75. The highest BCUT2D eigenvalue weighted by Gasteiger charge is 2.28. The molecule has 3 aromatic rings. The fourth-order valence-corrected chi connectivity index (χ4v) is 5.86. The summed E-state index contributed by atoms with van der Waals surface area (Å²) in [7, 11) is -0.0636. The Hall–Kier alpha value is -3.38. The molecule has 212 valence electrons. The van der Waals surface area contributed by atoms with E-state index >= 15 is 0 Å². The number of fused-ring (bicyclic) bond motifs is 2. The van der Waals surface area contributed by atoms with E-state index in [-0.39, 0.29) is 23.4 Å². The van der Waals surface area contributed by atoms with Gasteiger partial charge >= 0.3 is 0 Å². The summed E-state index contributed by atoms with van der Waals surface area (Å²) in [6.45, 7) is 8.84. The molecule has 0 fully saturated rings. The van der Waals surface area contributed by atoms with Gasteiger partial charge in [-0.25, -0.2) is 13.4 Å². The lowest BCUT2D eigenvalue weighted by molar-refractivity contribution is 0.0723. The molecule has 4 rings (SSSR count). The van der Waals surface area contributed by atoms with Gasteiger partial charge in [0.05, 0.1) is 28.7 Å².